The van der Waals surface area contributed by atoms with Gasteiger partial charge in [-0.1, -0.05) is 20.8 Å². The number of nitrogens with zero attached hydrogens (tertiary/aromatic N) is 2. The molecule has 1 N–H and O–H groups in total. The van der Waals surface area contributed by atoms with E-state index in [1.54, 1.807) is 6.20 Å². The Morgan fingerprint density at radius 3 is 2.62 bits per heavy atom. The largest absolute Gasteiger partial charge is 0.384 e. The van der Waals surface area contributed by atoms with E-state index in [9.17, 15) is 4.79 Å². The first kappa shape index (κ1) is 15.8. The number of hydrogen-bond acceptors (Lipinski definition) is 3. The fraction of sp³-hybridized carbons (Fsp3) is 0.647. The number of nitrogens with one attached hydrogen (secondary N) is 1. The number of amides is 1. The van der Waals surface area contributed by atoms with E-state index in [-0.39, 0.29) is 5.91 Å². The molecule has 0 aromatic carbocycles. The molecule has 0 radical (unpaired) electrons. The zero-order valence-electron chi connectivity index (χ0n) is 13.4. The molecule has 1 aliphatic rings. The summed E-state index contributed by atoms with van der Waals surface area (Å²) in [6.45, 7) is 9.31. The van der Waals surface area contributed by atoms with E-state index in [1.807, 2.05) is 17.0 Å². The number of anilines is 1. The molecule has 1 aliphatic heterocycles. The van der Waals surface area contributed by atoms with Gasteiger partial charge in [-0.15, -0.1) is 0 Å². The van der Waals surface area contributed by atoms with Crippen LogP contribution in [0.15, 0.2) is 18.3 Å². The highest BCUT2D eigenvalue weighted by molar-refractivity contribution is 5.92. The molecule has 4 nitrogen and oxygen atoms in total. The molecule has 1 fully saturated rings. The van der Waals surface area contributed by atoms with Crippen molar-refractivity contribution < 1.29 is 4.79 Å². The first-order chi connectivity index (χ1) is 10.1. The normalized spacial score (nSPS) is 16.3. The van der Waals surface area contributed by atoms with Crippen molar-refractivity contribution in [3.8, 4) is 0 Å². The maximum absolute atomic E-state index is 12.4. The van der Waals surface area contributed by atoms with Crippen molar-refractivity contribution in [2.24, 2.45) is 11.8 Å². The number of carbonyl (C=O) groups excluding carboxylic acids is 1. The van der Waals surface area contributed by atoms with Crippen molar-refractivity contribution in [1.82, 2.24) is 9.88 Å². The summed E-state index contributed by atoms with van der Waals surface area (Å²) in [4.78, 5) is 18.7. The molecule has 2 heterocycles. The molecular formula is C17H27N3O. The van der Waals surface area contributed by atoms with Gasteiger partial charge in [-0.3, -0.25) is 4.79 Å². The van der Waals surface area contributed by atoms with Crippen LogP contribution in [0.5, 0.6) is 0 Å². The van der Waals surface area contributed by atoms with Crippen molar-refractivity contribution in [3.63, 3.8) is 0 Å². The van der Waals surface area contributed by atoms with E-state index in [1.165, 1.54) is 0 Å². The Morgan fingerprint density at radius 2 is 2.10 bits per heavy atom. The van der Waals surface area contributed by atoms with Crippen molar-refractivity contribution in [1.29, 1.82) is 0 Å². The molecule has 0 spiro atoms. The van der Waals surface area contributed by atoms with Crippen molar-refractivity contribution in [2.75, 3.05) is 25.0 Å². The average molecular weight is 289 g/mol. The lowest BCUT2D eigenvalue weighted by Crippen LogP contribution is -2.39. The molecule has 0 atom stereocenters. The molecule has 0 unspecified atom stereocenters. The minimum absolute atomic E-state index is 0.0687. The van der Waals surface area contributed by atoms with E-state index in [0.717, 1.165) is 50.5 Å². The molecule has 4 heteroatoms. The van der Waals surface area contributed by atoms with Crippen LogP contribution in [0.3, 0.4) is 0 Å². The van der Waals surface area contributed by atoms with E-state index >= 15 is 0 Å². The van der Waals surface area contributed by atoms with Crippen LogP contribution in [0, 0.1) is 11.8 Å². The third-order valence-electron chi connectivity index (χ3n) is 4.33. The Bertz CT molecular complexity index is 448. The number of aromatic nitrogens is 1. The Labute approximate surface area is 127 Å². The fourth-order valence-corrected chi connectivity index (χ4v) is 2.83. The van der Waals surface area contributed by atoms with Crippen LogP contribution in [0.2, 0.25) is 0 Å². The van der Waals surface area contributed by atoms with Gasteiger partial charge in [0, 0.05) is 19.6 Å². The summed E-state index contributed by atoms with van der Waals surface area (Å²) >= 11 is 0. The summed E-state index contributed by atoms with van der Waals surface area (Å²) in [5, 5.41) is 3.27. The Hall–Kier alpha value is -1.58. The van der Waals surface area contributed by atoms with Crippen LogP contribution >= 0.6 is 0 Å². The van der Waals surface area contributed by atoms with Gasteiger partial charge in [-0.25, -0.2) is 4.98 Å². The molecule has 1 saturated heterocycles. The van der Waals surface area contributed by atoms with Crippen LogP contribution in [0.25, 0.3) is 0 Å². The molecule has 1 amide bonds. The van der Waals surface area contributed by atoms with Gasteiger partial charge in [-0.2, -0.15) is 0 Å². The zero-order valence-corrected chi connectivity index (χ0v) is 13.4. The van der Waals surface area contributed by atoms with Crippen molar-refractivity contribution in [3.05, 3.63) is 24.0 Å². The van der Waals surface area contributed by atoms with Gasteiger partial charge in [0.05, 0.1) is 11.9 Å². The number of hydrogen-bond donors (Lipinski definition) is 1. The molecular weight excluding hydrogens is 262 g/mol. The molecule has 0 saturated carbocycles. The number of rotatable bonds is 5. The van der Waals surface area contributed by atoms with Gasteiger partial charge < -0.3 is 10.2 Å². The lowest BCUT2D eigenvalue weighted by atomic mass is 9.86. The molecule has 1 aromatic rings. The standard InChI is InChI=1S/C17H27N3O/c1-4-9-18-15-5-6-16(19-12-15)17(21)20-10-7-14(8-11-20)13(2)3/h5-6,12-14,18H,4,7-11H2,1-3H3. The number of piperidine rings is 1. The molecule has 1 aromatic heterocycles. The summed E-state index contributed by atoms with van der Waals surface area (Å²) in [6.07, 6.45) is 5.05. The van der Waals surface area contributed by atoms with E-state index in [2.05, 4.69) is 31.1 Å². The molecule has 2 rings (SSSR count). The van der Waals surface area contributed by atoms with Gasteiger partial charge in [0.2, 0.25) is 0 Å². The summed E-state index contributed by atoms with van der Waals surface area (Å²) in [6, 6.07) is 3.77. The maximum Gasteiger partial charge on any atom is 0.272 e. The second kappa shape index (κ2) is 7.43. The molecule has 0 aliphatic carbocycles. The minimum atomic E-state index is 0.0687. The third-order valence-corrected chi connectivity index (χ3v) is 4.33. The second-order valence-electron chi connectivity index (χ2n) is 6.23. The van der Waals surface area contributed by atoms with Crippen LogP contribution in [0.1, 0.15) is 50.5 Å². The minimum Gasteiger partial charge on any atom is -0.384 e. The summed E-state index contributed by atoms with van der Waals surface area (Å²) < 4.78 is 0. The summed E-state index contributed by atoms with van der Waals surface area (Å²) in [5.74, 6) is 1.53. The maximum atomic E-state index is 12.4. The van der Waals surface area contributed by atoms with Gasteiger partial charge >= 0.3 is 0 Å². The van der Waals surface area contributed by atoms with Gasteiger partial charge in [0.15, 0.2) is 0 Å². The Balaban J connectivity index is 1.91. The zero-order chi connectivity index (χ0) is 15.2. The highest BCUT2D eigenvalue weighted by Gasteiger charge is 2.25. The molecule has 116 valence electrons. The SMILES string of the molecule is CCCNc1ccc(C(=O)N2CCC(C(C)C)CC2)nc1. The predicted octanol–water partition coefficient (Wildman–Crippen LogP) is 3.41. The smallest absolute Gasteiger partial charge is 0.272 e. The van der Waals surface area contributed by atoms with Crippen LogP contribution in [-0.4, -0.2) is 35.4 Å². The topological polar surface area (TPSA) is 45.2 Å². The fourth-order valence-electron chi connectivity index (χ4n) is 2.83. The summed E-state index contributed by atoms with van der Waals surface area (Å²) in [7, 11) is 0. The number of carbonyl (C=O) groups is 1. The first-order valence-electron chi connectivity index (χ1n) is 8.11. The number of likely N-dealkylation sites (tertiary alicyclic amines) is 1. The van der Waals surface area contributed by atoms with Crippen molar-refractivity contribution >= 4 is 11.6 Å². The average Bonchev–Trinajstić information content (AvgIpc) is 2.53. The van der Waals surface area contributed by atoms with E-state index in [0.29, 0.717) is 11.6 Å². The highest BCUT2D eigenvalue weighted by atomic mass is 16.2. The first-order valence-corrected chi connectivity index (χ1v) is 8.11. The molecule has 0 bridgehead atoms. The van der Waals surface area contributed by atoms with Crippen LogP contribution in [0.4, 0.5) is 5.69 Å². The van der Waals surface area contributed by atoms with Crippen LogP contribution < -0.4 is 5.32 Å². The van der Waals surface area contributed by atoms with E-state index in [4.69, 9.17) is 0 Å². The van der Waals surface area contributed by atoms with Gasteiger partial charge in [0.25, 0.3) is 5.91 Å². The third kappa shape index (κ3) is 4.19. The lowest BCUT2D eigenvalue weighted by molar-refractivity contribution is 0.0662. The van der Waals surface area contributed by atoms with E-state index < -0.39 is 0 Å². The monoisotopic (exact) mass is 289 g/mol. The Morgan fingerprint density at radius 1 is 1.38 bits per heavy atom. The highest BCUT2D eigenvalue weighted by Crippen LogP contribution is 2.25. The quantitative estimate of drug-likeness (QED) is 0.903. The van der Waals surface area contributed by atoms with Gasteiger partial charge in [-0.05, 0) is 43.2 Å². The molecule has 21 heavy (non-hydrogen) atoms. The number of pyridine rings is 1. The lowest BCUT2D eigenvalue weighted by Gasteiger charge is -2.33. The Kier molecular flexibility index (Phi) is 5.59. The van der Waals surface area contributed by atoms with Gasteiger partial charge in [0.1, 0.15) is 5.69 Å². The predicted molar refractivity (Wildman–Crippen MR) is 86.5 cm³/mol. The van der Waals surface area contributed by atoms with Crippen molar-refractivity contribution in [2.45, 2.75) is 40.0 Å². The second-order valence-corrected chi connectivity index (χ2v) is 6.23. The van der Waals surface area contributed by atoms with Crippen LogP contribution in [-0.2, 0) is 0 Å². The summed E-state index contributed by atoms with van der Waals surface area (Å²) in [5.41, 5.74) is 1.53.